The molecule has 0 unspecified atom stereocenters. The average molecular weight is 448 g/mol. The van der Waals surface area contributed by atoms with Gasteiger partial charge in [-0.1, -0.05) is 54.1 Å². The van der Waals surface area contributed by atoms with Gasteiger partial charge in [0.2, 0.25) is 0 Å². The quantitative estimate of drug-likeness (QED) is 0.314. The third kappa shape index (κ3) is 4.66. The number of benzene rings is 3. The monoisotopic (exact) mass is 447 g/mol. The summed E-state index contributed by atoms with van der Waals surface area (Å²) in [7, 11) is 0. The molecule has 3 nitrogen and oxygen atoms in total. The highest BCUT2D eigenvalue weighted by molar-refractivity contribution is 7.20. The van der Waals surface area contributed by atoms with Crippen LogP contribution in [0, 0.1) is 0 Å². The molecule has 0 atom stereocenters. The van der Waals surface area contributed by atoms with Crippen molar-refractivity contribution < 1.29 is 9.53 Å². The standard InChI is InChI=1S/C26H22ClNO2S/c1-2-30-21-14-8-17(9-15-21)16-22-23(24(29)18-10-12-20(27)13-11-18)26(28)31-25(22)19-6-4-3-5-7-19/h3-15H,2,16,28H2,1H3. The summed E-state index contributed by atoms with van der Waals surface area (Å²) in [5.74, 6) is 0.741. The van der Waals surface area contributed by atoms with E-state index in [1.54, 1.807) is 24.3 Å². The van der Waals surface area contributed by atoms with Gasteiger partial charge in [0, 0.05) is 15.5 Å². The van der Waals surface area contributed by atoms with Crippen molar-refractivity contribution in [1.82, 2.24) is 0 Å². The molecule has 2 N–H and O–H groups in total. The third-order valence-corrected chi connectivity index (χ3v) is 6.38. The summed E-state index contributed by atoms with van der Waals surface area (Å²) in [6.45, 7) is 2.58. The van der Waals surface area contributed by atoms with E-state index in [1.807, 2.05) is 61.5 Å². The van der Waals surface area contributed by atoms with Gasteiger partial charge in [-0.25, -0.2) is 0 Å². The molecule has 4 rings (SSSR count). The number of thiophene rings is 1. The molecule has 0 saturated heterocycles. The fraction of sp³-hybridized carbons (Fsp3) is 0.115. The highest BCUT2D eigenvalue weighted by atomic mass is 35.5. The van der Waals surface area contributed by atoms with Crippen molar-refractivity contribution in [3.05, 3.63) is 106 Å². The Morgan fingerprint density at radius 3 is 2.29 bits per heavy atom. The lowest BCUT2D eigenvalue weighted by Gasteiger charge is -2.10. The van der Waals surface area contributed by atoms with Crippen molar-refractivity contribution in [2.24, 2.45) is 0 Å². The topological polar surface area (TPSA) is 52.3 Å². The van der Waals surface area contributed by atoms with E-state index >= 15 is 0 Å². The van der Waals surface area contributed by atoms with Crippen LogP contribution in [0.5, 0.6) is 5.75 Å². The summed E-state index contributed by atoms with van der Waals surface area (Å²) >= 11 is 7.46. The van der Waals surface area contributed by atoms with E-state index in [0.29, 0.717) is 34.2 Å². The molecule has 4 aromatic rings. The van der Waals surface area contributed by atoms with Crippen LogP contribution in [-0.4, -0.2) is 12.4 Å². The molecule has 156 valence electrons. The lowest BCUT2D eigenvalue weighted by atomic mass is 9.94. The first-order valence-corrected chi connectivity index (χ1v) is 11.2. The molecular formula is C26H22ClNO2S. The SMILES string of the molecule is CCOc1ccc(Cc2c(-c3ccccc3)sc(N)c2C(=O)c2ccc(Cl)cc2)cc1. The van der Waals surface area contributed by atoms with Crippen molar-refractivity contribution in [3.8, 4) is 16.2 Å². The first kappa shape index (κ1) is 21.2. The number of rotatable bonds is 7. The summed E-state index contributed by atoms with van der Waals surface area (Å²) < 4.78 is 5.55. The molecule has 0 amide bonds. The lowest BCUT2D eigenvalue weighted by molar-refractivity contribution is 0.103. The zero-order chi connectivity index (χ0) is 21.8. The molecule has 3 aromatic carbocycles. The first-order chi connectivity index (χ1) is 15.1. The van der Waals surface area contributed by atoms with Crippen LogP contribution in [0.15, 0.2) is 78.9 Å². The fourth-order valence-electron chi connectivity index (χ4n) is 3.55. The number of carbonyl (C=O) groups is 1. The van der Waals surface area contributed by atoms with Gasteiger partial charge in [0.15, 0.2) is 5.78 Å². The van der Waals surface area contributed by atoms with Crippen molar-refractivity contribution in [2.75, 3.05) is 12.3 Å². The van der Waals surface area contributed by atoms with Gasteiger partial charge in [-0.05, 0) is 66.4 Å². The van der Waals surface area contributed by atoms with Crippen LogP contribution in [0.3, 0.4) is 0 Å². The summed E-state index contributed by atoms with van der Waals surface area (Å²) in [6, 6.07) is 25.0. The minimum atomic E-state index is -0.0893. The summed E-state index contributed by atoms with van der Waals surface area (Å²) in [4.78, 5) is 14.5. The highest BCUT2D eigenvalue weighted by Gasteiger charge is 2.24. The molecule has 1 aromatic heterocycles. The van der Waals surface area contributed by atoms with E-state index < -0.39 is 0 Å². The van der Waals surface area contributed by atoms with Crippen LogP contribution in [0.25, 0.3) is 10.4 Å². The predicted molar refractivity (Wildman–Crippen MR) is 129 cm³/mol. The largest absolute Gasteiger partial charge is 0.494 e. The van der Waals surface area contributed by atoms with Crippen LogP contribution < -0.4 is 10.5 Å². The van der Waals surface area contributed by atoms with Gasteiger partial charge in [-0.2, -0.15) is 0 Å². The molecule has 0 fully saturated rings. The molecule has 0 spiro atoms. The molecule has 0 saturated carbocycles. The zero-order valence-electron chi connectivity index (χ0n) is 17.1. The Labute approximate surface area is 191 Å². The van der Waals surface area contributed by atoms with Gasteiger partial charge in [-0.15, -0.1) is 11.3 Å². The van der Waals surface area contributed by atoms with E-state index in [4.69, 9.17) is 22.1 Å². The van der Waals surface area contributed by atoms with Gasteiger partial charge in [0.05, 0.1) is 17.2 Å². The zero-order valence-corrected chi connectivity index (χ0v) is 18.7. The van der Waals surface area contributed by atoms with Gasteiger partial charge in [-0.3, -0.25) is 4.79 Å². The number of nitrogens with two attached hydrogens (primary N) is 1. The molecule has 31 heavy (non-hydrogen) atoms. The Kier molecular flexibility index (Phi) is 6.40. The number of hydrogen-bond acceptors (Lipinski definition) is 4. The maximum absolute atomic E-state index is 13.4. The van der Waals surface area contributed by atoms with Crippen LogP contribution >= 0.6 is 22.9 Å². The second-order valence-electron chi connectivity index (χ2n) is 7.10. The van der Waals surface area contributed by atoms with Crippen LogP contribution in [-0.2, 0) is 6.42 Å². The summed E-state index contributed by atoms with van der Waals surface area (Å²) in [6.07, 6.45) is 0.596. The second-order valence-corrected chi connectivity index (χ2v) is 8.59. The van der Waals surface area contributed by atoms with Crippen molar-refractivity contribution in [1.29, 1.82) is 0 Å². The highest BCUT2D eigenvalue weighted by Crippen LogP contribution is 2.41. The predicted octanol–water partition coefficient (Wildman–Crippen LogP) is 6.87. The van der Waals surface area contributed by atoms with Crippen LogP contribution in [0.1, 0.15) is 34.0 Å². The summed E-state index contributed by atoms with van der Waals surface area (Å²) in [5.41, 5.74) is 10.6. The van der Waals surface area contributed by atoms with E-state index in [-0.39, 0.29) is 5.78 Å². The minimum absolute atomic E-state index is 0.0893. The lowest BCUT2D eigenvalue weighted by Crippen LogP contribution is -2.07. The molecule has 0 aliphatic rings. The average Bonchev–Trinajstić information content (AvgIpc) is 3.11. The maximum atomic E-state index is 13.4. The molecule has 5 heteroatoms. The van der Waals surface area contributed by atoms with Gasteiger partial charge < -0.3 is 10.5 Å². The Hall–Kier alpha value is -3.08. The number of ether oxygens (including phenoxy) is 1. The van der Waals surface area contributed by atoms with Crippen LogP contribution in [0.2, 0.25) is 5.02 Å². The maximum Gasteiger partial charge on any atom is 0.196 e. The molecule has 1 heterocycles. The van der Waals surface area contributed by atoms with Crippen molar-refractivity contribution >= 4 is 33.7 Å². The molecule has 0 radical (unpaired) electrons. The molecule has 0 aliphatic heterocycles. The molecule has 0 bridgehead atoms. The van der Waals surface area contributed by atoms with Crippen molar-refractivity contribution in [3.63, 3.8) is 0 Å². The Morgan fingerprint density at radius 1 is 0.968 bits per heavy atom. The van der Waals surface area contributed by atoms with E-state index in [0.717, 1.165) is 27.3 Å². The Balaban J connectivity index is 1.80. The normalized spacial score (nSPS) is 10.8. The second kappa shape index (κ2) is 9.38. The molecular weight excluding hydrogens is 426 g/mol. The van der Waals surface area contributed by atoms with Crippen LogP contribution in [0.4, 0.5) is 5.00 Å². The smallest absolute Gasteiger partial charge is 0.196 e. The molecule has 0 aliphatic carbocycles. The van der Waals surface area contributed by atoms with Gasteiger partial charge in [0.1, 0.15) is 5.75 Å². The van der Waals surface area contributed by atoms with Crippen molar-refractivity contribution in [2.45, 2.75) is 13.3 Å². The number of carbonyl (C=O) groups excluding carboxylic acids is 1. The fourth-order valence-corrected chi connectivity index (χ4v) is 4.76. The number of anilines is 1. The Bertz CT molecular complexity index is 1180. The van der Waals surface area contributed by atoms with Gasteiger partial charge >= 0.3 is 0 Å². The third-order valence-electron chi connectivity index (χ3n) is 5.02. The van der Waals surface area contributed by atoms with Gasteiger partial charge in [0.25, 0.3) is 0 Å². The first-order valence-electron chi connectivity index (χ1n) is 10.1. The number of ketones is 1. The number of halogens is 1. The Morgan fingerprint density at radius 2 is 1.65 bits per heavy atom. The number of nitrogen functional groups attached to an aromatic ring is 1. The van der Waals surface area contributed by atoms with E-state index in [2.05, 4.69) is 0 Å². The number of hydrogen-bond donors (Lipinski definition) is 1. The van der Waals surface area contributed by atoms with E-state index in [1.165, 1.54) is 11.3 Å². The minimum Gasteiger partial charge on any atom is -0.494 e. The van der Waals surface area contributed by atoms with E-state index in [9.17, 15) is 4.79 Å². The summed E-state index contributed by atoms with van der Waals surface area (Å²) in [5, 5.41) is 1.12.